The fourth-order valence-corrected chi connectivity index (χ4v) is 2.62. The second-order valence-corrected chi connectivity index (χ2v) is 6.49. The Kier molecular flexibility index (Phi) is 11.8. The normalized spacial score (nSPS) is 15.2. The van der Waals surface area contributed by atoms with Crippen molar-refractivity contribution in [1.82, 2.24) is 0 Å². The van der Waals surface area contributed by atoms with Gasteiger partial charge < -0.3 is 28.4 Å². The molecule has 0 bridgehead atoms. The lowest BCUT2D eigenvalue weighted by Gasteiger charge is -2.37. The molecule has 12 nitrogen and oxygen atoms in total. The van der Waals surface area contributed by atoms with Crippen molar-refractivity contribution in [3.05, 3.63) is 0 Å². The van der Waals surface area contributed by atoms with Gasteiger partial charge in [-0.15, -0.1) is 0 Å². The highest BCUT2D eigenvalue weighted by Gasteiger charge is 2.46. The van der Waals surface area contributed by atoms with E-state index in [9.17, 15) is 28.8 Å². The van der Waals surface area contributed by atoms with Gasteiger partial charge >= 0.3 is 35.8 Å². The molecular weight excluding hydrogens is 420 g/mol. The second kappa shape index (κ2) is 13.2. The molecule has 0 aliphatic heterocycles. The van der Waals surface area contributed by atoms with Crippen LogP contribution < -0.4 is 0 Å². The Balaban J connectivity index is 6.40. The van der Waals surface area contributed by atoms with E-state index in [1.54, 1.807) is 0 Å². The van der Waals surface area contributed by atoms with Crippen molar-refractivity contribution in [3.8, 4) is 0 Å². The first-order valence-corrected chi connectivity index (χ1v) is 9.24. The van der Waals surface area contributed by atoms with Crippen LogP contribution in [0.3, 0.4) is 0 Å². The number of ether oxygens (including phenoxy) is 6. The van der Waals surface area contributed by atoms with Gasteiger partial charge in [-0.05, 0) is 6.92 Å². The molecule has 0 aromatic heterocycles. The van der Waals surface area contributed by atoms with Crippen LogP contribution in [0.2, 0.25) is 0 Å². The number of rotatable bonds is 11. The van der Waals surface area contributed by atoms with E-state index in [2.05, 4.69) is 0 Å². The Bertz CT molecular complexity index is 685. The second-order valence-electron chi connectivity index (χ2n) is 6.49. The molecule has 0 fully saturated rings. The summed E-state index contributed by atoms with van der Waals surface area (Å²) in [5.41, 5.74) is 0. The zero-order valence-electron chi connectivity index (χ0n) is 18.5. The van der Waals surface area contributed by atoms with E-state index in [4.69, 9.17) is 28.4 Å². The topological polar surface area (TPSA) is 158 Å². The molecule has 0 aliphatic rings. The van der Waals surface area contributed by atoms with E-state index in [0.717, 1.165) is 41.5 Å². The minimum Gasteiger partial charge on any atom is -0.462 e. The smallest absolute Gasteiger partial charge is 0.303 e. The van der Waals surface area contributed by atoms with Crippen molar-refractivity contribution in [2.24, 2.45) is 0 Å². The van der Waals surface area contributed by atoms with Crippen molar-refractivity contribution >= 4 is 35.8 Å². The molecule has 0 rings (SSSR count). The van der Waals surface area contributed by atoms with Crippen LogP contribution in [0.15, 0.2) is 0 Å². The lowest BCUT2D eigenvalue weighted by Crippen LogP contribution is -2.56. The number of hydrogen-bond donors (Lipinski definition) is 0. The highest BCUT2D eigenvalue weighted by Crippen LogP contribution is 2.23. The zero-order chi connectivity index (χ0) is 24.3. The average Bonchev–Trinajstić information content (AvgIpc) is 2.58. The van der Waals surface area contributed by atoms with Gasteiger partial charge in [0, 0.05) is 41.5 Å². The van der Waals surface area contributed by atoms with E-state index in [1.165, 1.54) is 6.92 Å². The maximum Gasteiger partial charge on any atom is 0.303 e. The van der Waals surface area contributed by atoms with Gasteiger partial charge in [0.1, 0.15) is 12.7 Å². The lowest BCUT2D eigenvalue weighted by atomic mass is 9.98. The Morgan fingerprint density at radius 2 is 0.903 bits per heavy atom. The fourth-order valence-electron chi connectivity index (χ4n) is 2.62. The van der Waals surface area contributed by atoms with E-state index in [-0.39, 0.29) is 0 Å². The van der Waals surface area contributed by atoms with Crippen LogP contribution in [0.5, 0.6) is 0 Å². The molecule has 0 radical (unpaired) electrons. The molecule has 176 valence electrons. The van der Waals surface area contributed by atoms with Gasteiger partial charge in [-0.2, -0.15) is 0 Å². The predicted molar refractivity (Wildman–Crippen MR) is 100 cm³/mol. The average molecular weight is 448 g/mol. The fraction of sp³-hybridized carbons (Fsp3) is 0.684. The van der Waals surface area contributed by atoms with Crippen molar-refractivity contribution in [3.63, 3.8) is 0 Å². The van der Waals surface area contributed by atoms with Gasteiger partial charge in [0.25, 0.3) is 0 Å². The molecule has 0 amide bonds. The first-order valence-electron chi connectivity index (χ1n) is 9.24. The molecule has 0 aliphatic carbocycles. The van der Waals surface area contributed by atoms with Gasteiger partial charge in [-0.1, -0.05) is 0 Å². The highest BCUT2D eigenvalue weighted by atomic mass is 16.6. The van der Waals surface area contributed by atoms with Crippen LogP contribution in [0.1, 0.15) is 48.5 Å². The first-order chi connectivity index (χ1) is 14.2. The summed E-state index contributed by atoms with van der Waals surface area (Å²) in [7, 11) is 0. The summed E-state index contributed by atoms with van der Waals surface area (Å²) in [5, 5.41) is 0. The maximum atomic E-state index is 11.8. The molecule has 0 aromatic carbocycles. The van der Waals surface area contributed by atoms with Gasteiger partial charge in [0.15, 0.2) is 24.4 Å². The summed E-state index contributed by atoms with van der Waals surface area (Å²) in [5.74, 6) is -4.86. The van der Waals surface area contributed by atoms with Gasteiger partial charge in [0.05, 0.1) is 0 Å². The molecule has 0 heterocycles. The monoisotopic (exact) mass is 448 g/mol. The molecule has 0 spiro atoms. The van der Waals surface area contributed by atoms with Crippen molar-refractivity contribution in [1.29, 1.82) is 0 Å². The Labute approximate surface area is 179 Å². The predicted octanol–water partition coefficient (Wildman–Crippen LogP) is 0.228. The van der Waals surface area contributed by atoms with Crippen LogP contribution in [-0.4, -0.2) is 72.9 Å². The van der Waals surface area contributed by atoms with Gasteiger partial charge in [0.2, 0.25) is 0 Å². The number of carbonyl (C=O) groups is 6. The third-order valence-corrected chi connectivity index (χ3v) is 3.50. The summed E-state index contributed by atoms with van der Waals surface area (Å²) < 4.78 is 30.7. The minimum absolute atomic E-state index is 0.570. The third-order valence-electron chi connectivity index (χ3n) is 3.50. The quantitative estimate of drug-likeness (QED) is 0.313. The molecule has 0 N–H and O–H groups in total. The van der Waals surface area contributed by atoms with Crippen LogP contribution in [0, 0.1) is 0 Å². The van der Waals surface area contributed by atoms with E-state index < -0.39 is 72.9 Å². The summed E-state index contributed by atoms with van der Waals surface area (Å²) in [6.07, 6.45) is -7.27. The standard InChI is InChI=1S/C19H28O12/c1-9(27-11(3)21)17(29-13(5)23)19(31-15(7)25)18(30-14(6)24)16(28-12(4)22)8-26-10(2)20/h9,16-19H,8H2,1-7H3/t9-,16+,17-,18+,19+/m0/s1. The van der Waals surface area contributed by atoms with Crippen molar-refractivity contribution < 1.29 is 57.2 Å². The zero-order valence-corrected chi connectivity index (χ0v) is 18.5. The van der Waals surface area contributed by atoms with E-state index in [0.29, 0.717) is 0 Å². The van der Waals surface area contributed by atoms with Crippen LogP contribution >= 0.6 is 0 Å². The van der Waals surface area contributed by atoms with Crippen molar-refractivity contribution in [2.45, 2.75) is 79.0 Å². The minimum atomic E-state index is -1.60. The number of esters is 6. The van der Waals surface area contributed by atoms with E-state index in [1.807, 2.05) is 0 Å². The Morgan fingerprint density at radius 3 is 1.29 bits per heavy atom. The molecule has 5 atom stereocenters. The molecule has 0 saturated carbocycles. The number of carbonyl (C=O) groups excluding carboxylic acids is 6. The largest absolute Gasteiger partial charge is 0.462 e. The molecule has 12 heteroatoms. The first kappa shape index (κ1) is 27.8. The maximum absolute atomic E-state index is 11.8. The SMILES string of the molecule is CC(=O)OC[C@@H](OC(C)=O)[C@@H](OC(C)=O)[C@H](OC(C)=O)[C@@H](OC(C)=O)[C@H](C)OC(C)=O. The highest BCUT2D eigenvalue weighted by molar-refractivity contribution is 5.70. The number of hydrogen-bond acceptors (Lipinski definition) is 12. The summed E-state index contributed by atoms with van der Waals surface area (Å²) in [6, 6.07) is 0. The molecule has 0 saturated heterocycles. The summed E-state index contributed by atoms with van der Waals surface area (Å²) in [6.45, 7) is 7.16. The van der Waals surface area contributed by atoms with Gasteiger partial charge in [-0.3, -0.25) is 28.8 Å². The Hall–Kier alpha value is -3.18. The third kappa shape index (κ3) is 11.6. The molecule has 31 heavy (non-hydrogen) atoms. The van der Waals surface area contributed by atoms with Crippen LogP contribution in [-0.2, 0) is 57.2 Å². The summed E-state index contributed by atoms with van der Waals surface area (Å²) in [4.78, 5) is 69.5. The lowest BCUT2D eigenvalue weighted by molar-refractivity contribution is -0.212. The van der Waals surface area contributed by atoms with E-state index >= 15 is 0 Å². The molecule has 0 aromatic rings. The molecular formula is C19H28O12. The van der Waals surface area contributed by atoms with Crippen LogP contribution in [0.4, 0.5) is 0 Å². The Morgan fingerprint density at radius 1 is 0.516 bits per heavy atom. The molecule has 0 unspecified atom stereocenters. The van der Waals surface area contributed by atoms with Gasteiger partial charge in [-0.25, -0.2) is 0 Å². The van der Waals surface area contributed by atoms with Crippen LogP contribution in [0.25, 0.3) is 0 Å². The summed E-state index contributed by atoms with van der Waals surface area (Å²) >= 11 is 0. The van der Waals surface area contributed by atoms with Crippen molar-refractivity contribution in [2.75, 3.05) is 6.61 Å².